The minimum Gasteiger partial charge on any atom is -0.397 e. The second-order valence-electron chi connectivity index (χ2n) is 5.48. The highest BCUT2D eigenvalue weighted by atomic mass is 15.1. The molecule has 2 N–H and O–H groups in total. The van der Waals surface area contributed by atoms with Crippen LogP contribution in [-0.2, 0) is 0 Å². The maximum absolute atomic E-state index is 6.00. The summed E-state index contributed by atoms with van der Waals surface area (Å²) in [5.41, 5.74) is 9.48. The van der Waals surface area contributed by atoms with Gasteiger partial charge in [0.15, 0.2) is 0 Å². The lowest BCUT2D eigenvalue weighted by Gasteiger charge is -2.29. The van der Waals surface area contributed by atoms with Gasteiger partial charge in [-0.05, 0) is 30.0 Å². The van der Waals surface area contributed by atoms with Crippen LogP contribution < -0.4 is 10.6 Å². The second-order valence-corrected chi connectivity index (χ2v) is 5.48. The van der Waals surface area contributed by atoms with Crippen molar-refractivity contribution < 1.29 is 0 Å². The summed E-state index contributed by atoms with van der Waals surface area (Å²) in [6, 6.07) is 6.22. The van der Waals surface area contributed by atoms with Crippen molar-refractivity contribution in [2.75, 3.05) is 24.2 Å². The van der Waals surface area contributed by atoms with E-state index in [1.54, 1.807) is 0 Å². The minimum absolute atomic E-state index is 0.284. The summed E-state index contributed by atoms with van der Waals surface area (Å²) in [5, 5.41) is 0. The fraction of sp³-hybridized carbons (Fsp3) is 0.538. The number of hydrogen-bond donors (Lipinski definition) is 1. The van der Waals surface area contributed by atoms with Gasteiger partial charge < -0.3 is 10.6 Å². The molecule has 1 aromatic carbocycles. The van der Waals surface area contributed by atoms with Gasteiger partial charge in [0, 0.05) is 13.6 Å². The van der Waals surface area contributed by atoms with E-state index in [4.69, 9.17) is 5.73 Å². The Morgan fingerprint density at radius 1 is 1.27 bits per heavy atom. The van der Waals surface area contributed by atoms with E-state index in [2.05, 4.69) is 51.8 Å². The molecule has 0 radical (unpaired) electrons. The summed E-state index contributed by atoms with van der Waals surface area (Å²) >= 11 is 0. The molecule has 0 bridgehead atoms. The highest BCUT2D eigenvalue weighted by Crippen LogP contribution is 2.26. The van der Waals surface area contributed by atoms with Crippen molar-refractivity contribution in [1.29, 1.82) is 0 Å². The highest BCUT2D eigenvalue weighted by molar-refractivity contribution is 5.68. The van der Waals surface area contributed by atoms with Crippen molar-refractivity contribution in [3.8, 4) is 0 Å². The lowest BCUT2D eigenvalue weighted by Crippen LogP contribution is -2.29. The Balaban J connectivity index is 2.87. The van der Waals surface area contributed by atoms with Gasteiger partial charge in [0.2, 0.25) is 0 Å². The first kappa shape index (κ1) is 11.9. The summed E-state index contributed by atoms with van der Waals surface area (Å²) < 4.78 is 0. The van der Waals surface area contributed by atoms with Gasteiger partial charge in [-0.2, -0.15) is 0 Å². The lowest BCUT2D eigenvalue weighted by molar-refractivity contribution is 0.419. The first-order valence-electron chi connectivity index (χ1n) is 5.37. The number of hydrogen-bond acceptors (Lipinski definition) is 2. The first-order valence-corrected chi connectivity index (χ1v) is 5.37. The number of anilines is 2. The van der Waals surface area contributed by atoms with Gasteiger partial charge >= 0.3 is 0 Å². The van der Waals surface area contributed by atoms with Crippen LogP contribution in [-0.4, -0.2) is 13.6 Å². The normalized spacial score (nSPS) is 11.5. The molecule has 0 saturated carbocycles. The van der Waals surface area contributed by atoms with Crippen molar-refractivity contribution in [2.45, 2.75) is 27.7 Å². The fourth-order valence-corrected chi connectivity index (χ4v) is 1.82. The van der Waals surface area contributed by atoms with E-state index in [0.29, 0.717) is 0 Å². The maximum atomic E-state index is 6.00. The van der Waals surface area contributed by atoms with Crippen molar-refractivity contribution in [3.63, 3.8) is 0 Å². The van der Waals surface area contributed by atoms with Gasteiger partial charge in [-0.25, -0.2) is 0 Å². The maximum Gasteiger partial charge on any atom is 0.0597 e. The van der Waals surface area contributed by atoms with E-state index < -0.39 is 0 Å². The number of nitrogen functional groups attached to an aromatic ring is 1. The Labute approximate surface area is 93.1 Å². The Kier molecular flexibility index (Phi) is 3.28. The topological polar surface area (TPSA) is 29.3 Å². The molecule has 15 heavy (non-hydrogen) atoms. The molecule has 0 fully saturated rings. The molecule has 0 saturated heterocycles. The molecule has 0 unspecified atom stereocenters. The second kappa shape index (κ2) is 4.13. The van der Waals surface area contributed by atoms with Crippen LogP contribution in [0.15, 0.2) is 18.2 Å². The highest BCUT2D eigenvalue weighted by Gasteiger charge is 2.15. The number of nitrogens with two attached hydrogens (primary N) is 1. The zero-order valence-corrected chi connectivity index (χ0v) is 10.5. The molecule has 0 aliphatic carbocycles. The molecule has 0 atom stereocenters. The van der Waals surface area contributed by atoms with Crippen LogP contribution in [0.5, 0.6) is 0 Å². The van der Waals surface area contributed by atoms with Crippen molar-refractivity contribution in [3.05, 3.63) is 23.8 Å². The zero-order valence-electron chi connectivity index (χ0n) is 10.5. The first-order chi connectivity index (χ1) is 6.79. The third-order valence-electron chi connectivity index (χ3n) is 2.31. The zero-order chi connectivity index (χ0) is 11.6. The van der Waals surface area contributed by atoms with Gasteiger partial charge in [0.1, 0.15) is 0 Å². The van der Waals surface area contributed by atoms with Gasteiger partial charge in [0.05, 0.1) is 11.4 Å². The van der Waals surface area contributed by atoms with Crippen LogP contribution in [0, 0.1) is 12.3 Å². The number of aryl methyl sites for hydroxylation is 1. The van der Waals surface area contributed by atoms with Gasteiger partial charge in [0.25, 0.3) is 0 Å². The Morgan fingerprint density at radius 3 is 2.33 bits per heavy atom. The molecule has 0 aliphatic rings. The Bertz CT molecular complexity index is 337. The lowest BCUT2D eigenvalue weighted by atomic mass is 9.96. The van der Waals surface area contributed by atoms with Crippen molar-refractivity contribution >= 4 is 11.4 Å². The van der Waals surface area contributed by atoms with Crippen LogP contribution in [0.4, 0.5) is 11.4 Å². The summed E-state index contributed by atoms with van der Waals surface area (Å²) in [7, 11) is 2.09. The van der Waals surface area contributed by atoms with E-state index in [-0.39, 0.29) is 5.41 Å². The van der Waals surface area contributed by atoms with Gasteiger partial charge in [-0.1, -0.05) is 26.8 Å². The SMILES string of the molecule is Cc1ccc(N(C)CC(C)(C)C)c(N)c1. The van der Waals surface area contributed by atoms with Crippen molar-refractivity contribution in [1.82, 2.24) is 0 Å². The van der Waals surface area contributed by atoms with Crippen molar-refractivity contribution in [2.24, 2.45) is 5.41 Å². The molecule has 0 aliphatic heterocycles. The molecule has 2 heteroatoms. The summed E-state index contributed by atoms with van der Waals surface area (Å²) in [6.45, 7) is 9.75. The molecule has 0 amide bonds. The van der Waals surface area contributed by atoms with Crippen LogP contribution in [0.1, 0.15) is 26.3 Å². The predicted octanol–water partition coefficient (Wildman–Crippen LogP) is 3.06. The monoisotopic (exact) mass is 206 g/mol. The predicted molar refractivity (Wildman–Crippen MR) is 68.3 cm³/mol. The Morgan fingerprint density at radius 2 is 1.87 bits per heavy atom. The molecule has 84 valence electrons. The molecular formula is C13H22N2. The van der Waals surface area contributed by atoms with E-state index in [0.717, 1.165) is 17.9 Å². The quantitative estimate of drug-likeness (QED) is 0.754. The third kappa shape index (κ3) is 3.46. The molecule has 2 nitrogen and oxygen atoms in total. The number of benzene rings is 1. The van der Waals surface area contributed by atoms with E-state index in [9.17, 15) is 0 Å². The summed E-state index contributed by atoms with van der Waals surface area (Å²) in [4.78, 5) is 2.22. The fourth-order valence-electron chi connectivity index (χ4n) is 1.82. The number of rotatable bonds is 2. The van der Waals surface area contributed by atoms with Crippen LogP contribution >= 0.6 is 0 Å². The van der Waals surface area contributed by atoms with Gasteiger partial charge in [-0.3, -0.25) is 0 Å². The standard InChI is InChI=1S/C13H22N2/c1-10-6-7-12(11(14)8-10)15(5)9-13(2,3)4/h6-8H,9,14H2,1-5H3. The van der Waals surface area contributed by atoms with E-state index in [1.807, 2.05) is 6.07 Å². The largest absolute Gasteiger partial charge is 0.397 e. The van der Waals surface area contributed by atoms with E-state index in [1.165, 1.54) is 5.56 Å². The molecule has 1 aromatic rings. The summed E-state index contributed by atoms with van der Waals surface area (Å²) in [6.07, 6.45) is 0. The number of nitrogens with zero attached hydrogens (tertiary/aromatic N) is 1. The van der Waals surface area contributed by atoms with Crippen LogP contribution in [0.25, 0.3) is 0 Å². The smallest absolute Gasteiger partial charge is 0.0597 e. The Hall–Kier alpha value is -1.18. The molecule has 0 spiro atoms. The van der Waals surface area contributed by atoms with E-state index >= 15 is 0 Å². The minimum atomic E-state index is 0.284. The van der Waals surface area contributed by atoms with Crippen LogP contribution in [0.3, 0.4) is 0 Å². The summed E-state index contributed by atoms with van der Waals surface area (Å²) in [5.74, 6) is 0. The average Bonchev–Trinajstić information content (AvgIpc) is 1.99. The van der Waals surface area contributed by atoms with Crippen LogP contribution in [0.2, 0.25) is 0 Å². The third-order valence-corrected chi connectivity index (χ3v) is 2.31. The molecule has 0 heterocycles. The molecule has 0 aromatic heterocycles. The molecule has 1 rings (SSSR count). The molecular weight excluding hydrogens is 184 g/mol. The average molecular weight is 206 g/mol. The van der Waals surface area contributed by atoms with Gasteiger partial charge in [-0.15, -0.1) is 0 Å².